The molecule has 2 aliphatic heterocycles. The van der Waals surface area contributed by atoms with Crippen LogP contribution in [0.15, 0.2) is 36.4 Å². The number of benzene rings is 2. The minimum absolute atomic E-state index is 0.548. The van der Waals surface area contributed by atoms with Crippen LogP contribution in [-0.2, 0) is 9.47 Å². The van der Waals surface area contributed by atoms with E-state index in [1.807, 2.05) is 12.1 Å². The molecule has 0 saturated carbocycles. The average Bonchev–Trinajstić information content (AvgIpc) is 2.89. The van der Waals surface area contributed by atoms with E-state index in [-0.39, 0.29) is 0 Å². The van der Waals surface area contributed by atoms with E-state index in [0.717, 1.165) is 10.8 Å². The summed E-state index contributed by atoms with van der Waals surface area (Å²) in [5.74, 6) is 11.4. The maximum Gasteiger partial charge on any atom is 0.147 e. The minimum atomic E-state index is -1.52. The third kappa shape index (κ3) is 5.11. The van der Waals surface area contributed by atoms with Crippen LogP contribution in [0.4, 0.5) is 0 Å². The predicted octanol–water partition coefficient (Wildman–Crippen LogP) is -2.77. The molecule has 0 bridgehead atoms. The molecule has 8 N–H and O–H groups in total. The van der Waals surface area contributed by atoms with E-state index < -0.39 is 74.3 Å². The molecule has 2 heterocycles. The number of aliphatic hydroxyl groups is 8. The van der Waals surface area contributed by atoms with Gasteiger partial charge in [-0.1, -0.05) is 47.9 Å². The summed E-state index contributed by atoms with van der Waals surface area (Å²) in [5.41, 5.74) is 1.14. The molecule has 4 rings (SSSR count). The lowest BCUT2D eigenvalue weighted by Crippen LogP contribution is -2.58. The van der Waals surface area contributed by atoms with E-state index >= 15 is 0 Å². The van der Waals surface area contributed by atoms with E-state index in [0.29, 0.717) is 11.1 Å². The average molecular weight is 501 g/mol. The van der Waals surface area contributed by atoms with Crippen molar-refractivity contribution in [2.75, 3.05) is 13.2 Å². The van der Waals surface area contributed by atoms with Crippen molar-refractivity contribution in [3.8, 4) is 23.7 Å². The summed E-state index contributed by atoms with van der Waals surface area (Å²) in [4.78, 5) is 0. The molecule has 0 radical (unpaired) electrons. The first-order valence-corrected chi connectivity index (χ1v) is 11.4. The van der Waals surface area contributed by atoms with Crippen molar-refractivity contribution in [2.24, 2.45) is 0 Å². The smallest absolute Gasteiger partial charge is 0.147 e. The van der Waals surface area contributed by atoms with Crippen molar-refractivity contribution in [3.63, 3.8) is 0 Å². The molecular formula is C26H28O10. The summed E-state index contributed by atoms with van der Waals surface area (Å²) < 4.78 is 10.9. The van der Waals surface area contributed by atoms with Gasteiger partial charge < -0.3 is 50.3 Å². The Kier molecular flexibility index (Phi) is 8.25. The standard InChI is InChI=1S/C26H28O10/c27-11-19-23(31)25(33)21(29)17(35-19)9-7-13-3-1-5-15-14(4-2-6-16(13)15)8-10-18-22(30)26(34)24(32)20(12-28)36-18/h1-6,17-34H,11-12H2/t17-,18-,19-,20-,21-,22-,23-,24-,25?,26?/m1/s1. The van der Waals surface area contributed by atoms with Gasteiger partial charge in [0.25, 0.3) is 0 Å². The Morgan fingerprint density at radius 1 is 0.556 bits per heavy atom. The first kappa shape index (κ1) is 26.5. The van der Waals surface area contributed by atoms with Gasteiger partial charge in [0, 0.05) is 11.1 Å². The molecular weight excluding hydrogens is 472 g/mol. The third-order valence-corrected chi connectivity index (χ3v) is 6.40. The summed E-state index contributed by atoms with van der Waals surface area (Å²) in [6, 6.07) is 10.6. The van der Waals surface area contributed by atoms with Crippen LogP contribution >= 0.6 is 0 Å². The Morgan fingerprint density at radius 2 is 0.944 bits per heavy atom. The summed E-state index contributed by atoms with van der Waals surface area (Å²) in [6.45, 7) is -1.10. The lowest BCUT2D eigenvalue weighted by Gasteiger charge is -2.37. The van der Waals surface area contributed by atoms with Crippen LogP contribution in [0.5, 0.6) is 0 Å². The van der Waals surface area contributed by atoms with E-state index in [1.54, 1.807) is 24.3 Å². The highest BCUT2D eigenvalue weighted by Crippen LogP contribution is 2.25. The zero-order chi connectivity index (χ0) is 26.0. The second-order valence-electron chi connectivity index (χ2n) is 8.74. The molecule has 2 saturated heterocycles. The number of ether oxygens (including phenoxy) is 2. The molecule has 0 spiro atoms. The molecule has 2 aromatic carbocycles. The number of fused-ring (bicyclic) bond motifs is 1. The largest absolute Gasteiger partial charge is 0.394 e. The van der Waals surface area contributed by atoms with Gasteiger partial charge in [0.05, 0.1) is 13.2 Å². The van der Waals surface area contributed by atoms with Crippen molar-refractivity contribution in [2.45, 2.75) is 61.0 Å². The lowest BCUT2D eigenvalue weighted by molar-refractivity contribution is -0.214. The van der Waals surface area contributed by atoms with Crippen LogP contribution < -0.4 is 0 Å². The Hall–Kier alpha value is -2.58. The van der Waals surface area contributed by atoms with Gasteiger partial charge in [-0.2, -0.15) is 0 Å². The van der Waals surface area contributed by atoms with E-state index in [1.165, 1.54) is 0 Å². The maximum absolute atomic E-state index is 10.2. The Morgan fingerprint density at radius 3 is 1.31 bits per heavy atom. The van der Waals surface area contributed by atoms with Gasteiger partial charge in [-0.05, 0) is 22.9 Å². The fourth-order valence-electron chi connectivity index (χ4n) is 4.27. The molecule has 10 nitrogen and oxygen atoms in total. The minimum Gasteiger partial charge on any atom is -0.394 e. The number of rotatable bonds is 2. The Labute approximate surface area is 207 Å². The summed E-state index contributed by atoms with van der Waals surface area (Å²) in [7, 11) is 0. The first-order chi connectivity index (χ1) is 17.3. The molecule has 2 fully saturated rings. The van der Waals surface area contributed by atoms with Crippen molar-refractivity contribution in [1.82, 2.24) is 0 Å². The van der Waals surface area contributed by atoms with Gasteiger partial charge in [0.1, 0.15) is 61.0 Å². The normalized spacial score (nSPS) is 36.4. The van der Waals surface area contributed by atoms with Gasteiger partial charge in [-0.3, -0.25) is 0 Å². The molecule has 2 unspecified atom stereocenters. The zero-order valence-corrected chi connectivity index (χ0v) is 19.0. The molecule has 0 amide bonds. The summed E-state index contributed by atoms with van der Waals surface area (Å²) in [6.07, 6.45) is -13.3. The van der Waals surface area contributed by atoms with Crippen LogP contribution in [-0.4, -0.2) is 115 Å². The van der Waals surface area contributed by atoms with E-state index in [2.05, 4.69) is 23.7 Å². The van der Waals surface area contributed by atoms with Crippen LogP contribution in [0.3, 0.4) is 0 Å². The molecule has 2 aromatic rings. The molecule has 0 aliphatic carbocycles. The van der Waals surface area contributed by atoms with Crippen LogP contribution in [0.25, 0.3) is 10.8 Å². The second kappa shape index (κ2) is 11.2. The van der Waals surface area contributed by atoms with Gasteiger partial charge in [0.15, 0.2) is 0 Å². The first-order valence-electron chi connectivity index (χ1n) is 11.4. The topological polar surface area (TPSA) is 180 Å². The SMILES string of the molecule is OC[C@H]1O[C@H](C#Cc2cccc3c(C#C[C@H]4O[C@H](CO)[C@@H](O)C(O)[C@@H]4O)cccc23)[C@@H](O)C(O)[C@@H]1O. The van der Waals surface area contributed by atoms with Crippen molar-refractivity contribution in [3.05, 3.63) is 47.5 Å². The number of hydrogen-bond acceptors (Lipinski definition) is 10. The maximum atomic E-state index is 10.2. The second-order valence-corrected chi connectivity index (χ2v) is 8.74. The lowest BCUT2D eigenvalue weighted by atomic mass is 9.94. The molecule has 10 heteroatoms. The quantitative estimate of drug-likeness (QED) is 0.201. The third-order valence-electron chi connectivity index (χ3n) is 6.40. The molecule has 10 atom stereocenters. The molecule has 2 aliphatic rings. The fourth-order valence-corrected chi connectivity index (χ4v) is 4.27. The monoisotopic (exact) mass is 500 g/mol. The van der Waals surface area contributed by atoms with Crippen LogP contribution in [0.1, 0.15) is 11.1 Å². The van der Waals surface area contributed by atoms with Gasteiger partial charge in [0.2, 0.25) is 0 Å². The van der Waals surface area contributed by atoms with Crippen LogP contribution in [0, 0.1) is 23.7 Å². The van der Waals surface area contributed by atoms with E-state index in [4.69, 9.17) is 9.47 Å². The van der Waals surface area contributed by atoms with Gasteiger partial charge in [-0.15, -0.1) is 0 Å². The van der Waals surface area contributed by atoms with Crippen molar-refractivity contribution >= 4 is 10.8 Å². The summed E-state index contributed by atoms with van der Waals surface area (Å²) >= 11 is 0. The van der Waals surface area contributed by atoms with Crippen molar-refractivity contribution < 1.29 is 50.3 Å². The summed E-state index contributed by atoms with van der Waals surface area (Å²) in [5, 5.41) is 80.4. The number of aliphatic hydroxyl groups excluding tert-OH is 8. The molecule has 36 heavy (non-hydrogen) atoms. The van der Waals surface area contributed by atoms with Crippen LogP contribution in [0.2, 0.25) is 0 Å². The van der Waals surface area contributed by atoms with Gasteiger partial charge in [-0.25, -0.2) is 0 Å². The highest BCUT2D eigenvalue weighted by atomic mass is 16.5. The number of hydrogen-bond donors (Lipinski definition) is 8. The Bertz CT molecular complexity index is 1100. The van der Waals surface area contributed by atoms with E-state index in [9.17, 15) is 40.9 Å². The molecule has 192 valence electrons. The Balaban J connectivity index is 1.62. The fraction of sp³-hybridized carbons (Fsp3) is 0.462. The molecule has 0 aromatic heterocycles. The predicted molar refractivity (Wildman–Crippen MR) is 125 cm³/mol. The highest BCUT2D eigenvalue weighted by molar-refractivity contribution is 5.92. The van der Waals surface area contributed by atoms with Crippen molar-refractivity contribution in [1.29, 1.82) is 0 Å². The van der Waals surface area contributed by atoms with Gasteiger partial charge >= 0.3 is 0 Å². The zero-order valence-electron chi connectivity index (χ0n) is 19.0. The highest BCUT2D eigenvalue weighted by Gasteiger charge is 2.43.